The Morgan fingerprint density at radius 1 is 1.05 bits per heavy atom. The number of hydrogen-bond donors (Lipinski definition) is 0. The molecule has 0 unspecified atom stereocenters. The number of Topliss-reactive ketones (excluding diaryl/α,β-unsaturated/α-hetero) is 1. The van der Waals surface area contributed by atoms with Crippen molar-refractivity contribution in [3.8, 4) is 11.3 Å². The molecule has 0 atom stereocenters. The average molecular weight is 265 g/mol. The Hall–Kier alpha value is -2.55. The molecule has 98 valence electrons. The average Bonchev–Trinajstić information content (AvgIpc) is 2.46. The predicted octanol–water partition coefficient (Wildman–Crippen LogP) is 4.24. The Morgan fingerprint density at radius 2 is 1.85 bits per heavy atom. The first kappa shape index (κ1) is 12.5. The van der Waals surface area contributed by atoms with Gasteiger partial charge in [0, 0.05) is 16.5 Å². The van der Waals surface area contributed by atoms with Gasteiger partial charge in [-0.3, -0.25) is 4.79 Å². The molecular weight excluding hydrogens is 253 g/mol. The fourth-order valence-corrected chi connectivity index (χ4v) is 2.25. The molecular formula is C17H12FNO. The molecule has 0 aliphatic carbocycles. The van der Waals surface area contributed by atoms with E-state index < -0.39 is 0 Å². The summed E-state index contributed by atoms with van der Waals surface area (Å²) in [5.41, 5.74) is 2.44. The van der Waals surface area contributed by atoms with Gasteiger partial charge in [-0.25, -0.2) is 9.37 Å². The minimum atomic E-state index is -0.375. The van der Waals surface area contributed by atoms with Crippen molar-refractivity contribution in [2.75, 3.05) is 0 Å². The van der Waals surface area contributed by atoms with E-state index in [0.29, 0.717) is 16.8 Å². The van der Waals surface area contributed by atoms with E-state index in [-0.39, 0.29) is 11.6 Å². The highest BCUT2D eigenvalue weighted by molar-refractivity contribution is 6.00. The van der Waals surface area contributed by atoms with Gasteiger partial charge in [0.05, 0.1) is 11.2 Å². The number of pyridine rings is 1. The largest absolute Gasteiger partial charge is 0.294 e. The number of hydrogen-bond acceptors (Lipinski definition) is 2. The highest BCUT2D eigenvalue weighted by atomic mass is 19.1. The van der Waals surface area contributed by atoms with Gasteiger partial charge in [-0.1, -0.05) is 24.3 Å². The Labute approximate surface area is 115 Å². The number of aromatic nitrogens is 1. The van der Waals surface area contributed by atoms with Gasteiger partial charge < -0.3 is 0 Å². The third-order valence-electron chi connectivity index (χ3n) is 3.24. The van der Waals surface area contributed by atoms with Crippen LogP contribution in [0, 0.1) is 5.82 Å². The monoisotopic (exact) mass is 265 g/mol. The van der Waals surface area contributed by atoms with E-state index in [1.165, 1.54) is 25.1 Å². The van der Waals surface area contributed by atoms with E-state index in [4.69, 9.17) is 0 Å². The van der Waals surface area contributed by atoms with E-state index in [1.807, 2.05) is 36.4 Å². The number of nitrogens with zero attached hydrogens (tertiary/aromatic N) is 1. The second-order valence-electron chi connectivity index (χ2n) is 4.64. The van der Waals surface area contributed by atoms with Crippen LogP contribution < -0.4 is 0 Å². The van der Waals surface area contributed by atoms with Gasteiger partial charge in [-0.15, -0.1) is 0 Å². The first-order chi connectivity index (χ1) is 9.65. The Kier molecular flexibility index (Phi) is 3.03. The number of benzene rings is 2. The second kappa shape index (κ2) is 4.85. The third-order valence-corrected chi connectivity index (χ3v) is 3.24. The molecule has 20 heavy (non-hydrogen) atoms. The van der Waals surface area contributed by atoms with Crippen LogP contribution in [0.2, 0.25) is 0 Å². The van der Waals surface area contributed by atoms with Crippen LogP contribution in [0.5, 0.6) is 0 Å². The van der Waals surface area contributed by atoms with Crippen LogP contribution >= 0.6 is 0 Å². The fourth-order valence-electron chi connectivity index (χ4n) is 2.25. The van der Waals surface area contributed by atoms with Crippen LogP contribution in [0.1, 0.15) is 17.3 Å². The maximum Gasteiger partial charge on any atom is 0.160 e. The van der Waals surface area contributed by atoms with Gasteiger partial charge in [0.2, 0.25) is 0 Å². The van der Waals surface area contributed by atoms with Crippen LogP contribution in [0.3, 0.4) is 0 Å². The minimum absolute atomic E-state index is 0.102. The zero-order valence-corrected chi connectivity index (χ0v) is 10.9. The molecule has 2 nitrogen and oxygen atoms in total. The number of rotatable bonds is 2. The topological polar surface area (TPSA) is 30.0 Å². The molecule has 0 saturated carbocycles. The molecule has 3 aromatic rings. The Balaban J connectivity index is 2.24. The van der Waals surface area contributed by atoms with Crippen molar-refractivity contribution in [2.45, 2.75) is 6.92 Å². The highest BCUT2D eigenvalue weighted by Gasteiger charge is 2.12. The summed E-state index contributed by atoms with van der Waals surface area (Å²) in [4.78, 5) is 16.2. The van der Waals surface area contributed by atoms with Gasteiger partial charge in [-0.05, 0) is 37.3 Å². The van der Waals surface area contributed by atoms with Crippen molar-refractivity contribution < 1.29 is 9.18 Å². The first-order valence-electron chi connectivity index (χ1n) is 6.32. The van der Waals surface area contributed by atoms with Gasteiger partial charge in [-0.2, -0.15) is 0 Å². The summed E-state index contributed by atoms with van der Waals surface area (Å²) < 4.78 is 13.5. The molecule has 0 saturated heterocycles. The van der Waals surface area contributed by atoms with E-state index in [2.05, 4.69) is 4.98 Å². The van der Waals surface area contributed by atoms with Crippen molar-refractivity contribution in [3.05, 3.63) is 66.0 Å². The molecule has 0 radical (unpaired) electrons. The van der Waals surface area contributed by atoms with Gasteiger partial charge in [0.1, 0.15) is 5.82 Å². The van der Waals surface area contributed by atoms with E-state index in [1.54, 1.807) is 0 Å². The van der Waals surface area contributed by atoms with E-state index in [9.17, 15) is 9.18 Å². The van der Waals surface area contributed by atoms with Crippen LogP contribution in [-0.4, -0.2) is 10.8 Å². The number of fused-ring (bicyclic) bond motifs is 1. The Morgan fingerprint density at radius 3 is 2.65 bits per heavy atom. The maximum absolute atomic E-state index is 13.5. The van der Waals surface area contributed by atoms with Crippen molar-refractivity contribution in [1.29, 1.82) is 0 Å². The number of carbonyl (C=O) groups excluding carboxylic acids is 1. The molecule has 0 spiro atoms. The zero-order valence-electron chi connectivity index (χ0n) is 10.9. The van der Waals surface area contributed by atoms with Gasteiger partial charge >= 0.3 is 0 Å². The van der Waals surface area contributed by atoms with Crippen LogP contribution in [0.4, 0.5) is 4.39 Å². The molecule has 1 aromatic heterocycles. The molecule has 0 fully saturated rings. The summed E-state index contributed by atoms with van der Waals surface area (Å²) in [6.45, 7) is 1.47. The quantitative estimate of drug-likeness (QED) is 0.648. The standard InChI is InChI=1S/C17H12FNO/c1-11(20)14-8-7-13(18)10-15(14)17-9-6-12-4-2-3-5-16(12)19-17/h2-10H,1H3. The molecule has 1 heterocycles. The van der Waals surface area contributed by atoms with E-state index >= 15 is 0 Å². The van der Waals surface area contributed by atoms with Crippen molar-refractivity contribution in [3.63, 3.8) is 0 Å². The molecule has 0 aliphatic heterocycles. The number of para-hydroxylation sites is 1. The van der Waals surface area contributed by atoms with Crippen LogP contribution in [0.25, 0.3) is 22.2 Å². The SMILES string of the molecule is CC(=O)c1ccc(F)cc1-c1ccc2ccccc2n1. The highest BCUT2D eigenvalue weighted by Crippen LogP contribution is 2.25. The molecule has 0 aliphatic rings. The fraction of sp³-hybridized carbons (Fsp3) is 0.0588. The summed E-state index contributed by atoms with van der Waals surface area (Å²) in [6.07, 6.45) is 0. The normalized spacial score (nSPS) is 10.7. The summed E-state index contributed by atoms with van der Waals surface area (Å²) >= 11 is 0. The number of carbonyl (C=O) groups is 1. The van der Waals surface area contributed by atoms with Crippen molar-refractivity contribution in [2.24, 2.45) is 0 Å². The van der Waals surface area contributed by atoms with E-state index in [0.717, 1.165) is 10.9 Å². The lowest BCUT2D eigenvalue weighted by atomic mass is 10.0. The number of halogens is 1. The molecule has 0 amide bonds. The predicted molar refractivity (Wildman–Crippen MR) is 77.1 cm³/mol. The van der Waals surface area contributed by atoms with Gasteiger partial charge in [0.15, 0.2) is 5.78 Å². The van der Waals surface area contributed by atoms with Gasteiger partial charge in [0.25, 0.3) is 0 Å². The zero-order chi connectivity index (χ0) is 14.1. The Bertz CT molecular complexity index is 811. The maximum atomic E-state index is 13.5. The summed E-state index contributed by atoms with van der Waals surface area (Å²) in [5.74, 6) is -0.477. The molecule has 2 aromatic carbocycles. The lowest BCUT2D eigenvalue weighted by molar-refractivity contribution is 0.101. The summed E-state index contributed by atoms with van der Waals surface area (Å²) in [7, 11) is 0. The third kappa shape index (κ3) is 2.18. The van der Waals surface area contributed by atoms with Crippen LogP contribution in [-0.2, 0) is 0 Å². The lowest BCUT2D eigenvalue weighted by Gasteiger charge is -2.08. The number of ketones is 1. The minimum Gasteiger partial charge on any atom is -0.294 e. The molecule has 0 N–H and O–H groups in total. The van der Waals surface area contributed by atoms with Crippen molar-refractivity contribution >= 4 is 16.7 Å². The molecule has 3 heteroatoms. The first-order valence-corrected chi connectivity index (χ1v) is 6.32. The van der Waals surface area contributed by atoms with Crippen molar-refractivity contribution in [1.82, 2.24) is 4.98 Å². The molecule has 3 rings (SSSR count). The summed E-state index contributed by atoms with van der Waals surface area (Å²) in [5, 5.41) is 1.01. The molecule has 0 bridgehead atoms. The summed E-state index contributed by atoms with van der Waals surface area (Å²) in [6, 6.07) is 15.6. The second-order valence-corrected chi connectivity index (χ2v) is 4.64. The van der Waals surface area contributed by atoms with Crippen LogP contribution in [0.15, 0.2) is 54.6 Å². The lowest BCUT2D eigenvalue weighted by Crippen LogP contribution is -1.98. The smallest absolute Gasteiger partial charge is 0.160 e.